The first kappa shape index (κ1) is 11.7. The molecule has 3 nitrogen and oxygen atoms in total. The second-order valence-corrected chi connectivity index (χ2v) is 4.42. The van der Waals surface area contributed by atoms with Crippen LogP contribution in [0.1, 0.15) is 18.2 Å². The monoisotopic (exact) mass is 247 g/mol. The van der Waals surface area contributed by atoms with E-state index in [0.717, 1.165) is 12.1 Å². The van der Waals surface area contributed by atoms with Crippen molar-refractivity contribution in [2.24, 2.45) is 0 Å². The fourth-order valence-corrected chi connectivity index (χ4v) is 2.26. The van der Waals surface area contributed by atoms with E-state index in [-0.39, 0.29) is 5.56 Å². The lowest BCUT2D eigenvalue weighted by molar-refractivity contribution is 0.620. The molecule has 0 saturated carbocycles. The topological polar surface area (TPSA) is 52.5 Å². The molecule has 0 aliphatic rings. The Morgan fingerprint density at radius 2 is 2.35 bits per heavy atom. The smallest absolute Gasteiger partial charge is 0.170 e. The molecule has 0 amide bonds. The van der Waals surface area contributed by atoms with Crippen LogP contribution in [0.5, 0.6) is 0 Å². The highest BCUT2D eigenvalue weighted by atomic mass is 32.2. The molecule has 1 aromatic carbocycles. The lowest BCUT2D eigenvalue weighted by Crippen LogP contribution is -1.87. The maximum Gasteiger partial charge on any atom is 0.170 e. The Balaban J connectivity index is 2.30. The van der Waals surface area contributed by atoms with Gasteiger partial charge in [0.25, 0.3) is 0 Å². The van der Waals surface area contributed by atoms with Crippen molar-refractivity contribution in [3.63, 3.8) is 0 Å². The third-order valence-electron chi connectivity index (χ3n) is 2.28. The summed E-state index contributed by atoms with van der Waals surface area (Å²) >= 11 is 1.26. The Hall–Kier alpha value is -1.80. The van der Waals surface area contributed by atoms with Crippen molar-refractivity contribution >= 4 is 11.8 Å². The number of imidazole rings is 1. The third-order valence-corrected chi connectivity index (χ3v) is 3.24. The zero-order valence-corrected chi connectivity index (χ0v) is 10.0. The first-order valence-electron chi connectivity index (χ1n) is 5.15. The van der Waals surface area contributed by atoms with Gasteiger partial charge in [-0.3, -0.25) is 0 Å². The zero-order chi connectivity index (χ0) is 12.3. The van der Waals surface area contributed by atoms with Gasteiger partial charge < -0.3 is 4.98 Å². The van der Waals surface area contributed by atoms with Crippen molar-refractivity contribution < 1.29 is 4.39 Å². The molecule has 0 aliphatic heterocycles. The van der Waals surface area contributed by atoms with Crippen molar-refractivity contribution in [3.05, 3.63) is 41.5 Å². The van der Waals surface area contributed by atoms with Crippen molar-refractivity contribution in [3.8, 4) is 6.07 Å². The van der Waals surface area contributed by atoms with Crippen molar-refractivity contribution in [2.75, 3.05) is 0 Å². The van der Waals surface area contributed by atoms with Crippen LogP contribution >= 0.6 is 11.8 Å². The summed E-state index contributed by atoms with van der Waals surface area (Å²) in [6.45, 7) is 2.02. The van der Waals surface area contributed by atoms with Gasteiger partial charge in [0, 0.05) is 16.8 Å². The Labute approximate surface area is 103 Å². The Morgan fingerprint density at radius 1 is 1.53 bits per heavy atom. The summed E-state index contributed by atoms with van der Waals surface area (Å²) in [4.78, 5) is 7.84. The van der Waals surface area contributed by atoms with Crippen LogP contribution < -0.4 is 0 Å². The molecule has 0 fully saturated rings. The van der Waals surface area contributed by atoms with Gasteiger partial charge in [0.15, 0.2) is 5.16 Å². The number of rotatable bonds is 3. The maximum absolute atomic E-state index is 13.4. The number of aryl methyl sites for hydroxylation is 1. The number of hydrogen-bond donors (Lipinski definition) is 1. The molecular formula is C12H10FN3S. The Kier molecular flexibility index (Phi) is 3.45. The van der Waals surface area contributed by atoms with E-state index >= 15 is 0 Å². The average molecular weight is 247 g/mol. The number of halogens is 1. The molecule has 0 spiro atoms. The minimum atomic E-state index is -0.500. The minimum absolute atomic E-state index is 0.0620. The van der Waals surface area contributed by atoms with Gasteiger partial charge in [-0.15, -0.1) is 0 Å². The standard InChI is InChI=1S/C12H10FN3S/c1-2-8-7-15-12(16-8)17-11-5-3-4-10(13)9(11)6-14/h3-5,7H,2H2,1H3,(H,15,16). The van der Waals surface area contributed by atoms with Crippen LogP contribution in [0.4, 0.5) is 4.39 Å². The quantitative estimate of drug-likeness (QED) is 0.906. The lowest BCUT2D eigenvalue weighted by Gasteiger charge is -2.01. The highest BCUT2D eigenvalue weighted by Gasteiger charge is 2.10. The maximum atomic E-state index is 13.4. The van der Waals surface area contributed by atoms with Gasteiger partial charge in [-0.1, -0.05) is 24.8 Å². The van der Waals surface area contributed by atoms with Crippen molar-refractivity contribution in [2.45, 2.75) is 23.4 Å². The fraction of sp³-hybridized carbons (Fsp3) is 0.167. The third kappa shape index (κ3) is 2.48. The number of aromatic amines is 1. The summed E-state index contributed by atoms with van der Waals surface area (Å²) in [5, 5.41) is 9.57. The molecule has 1 aromatic heterocycles. The van der Waals surface area contributed by atoms with E-state index in [2.05, 4.69) is 9.97 Å². The van der Waals surface area contributed by atoms with Gasteiger partial charge in [0.1, 0.15) is 17.4 Å². The van der Waals surface area contributed by atoms with Crippen LogP contribution in [0.2, 0.25) is 0 Å². The van der Waals surface area contributed by atoms with Gasteiger partial charge >= 0.3 is 0 Å². The summed E-state index contributed by atoms with van der Waals surface area (Å²) in [5.74, 6) is -0.500. The van der Waals surface area contributed by atoms with Crippen LogP contribution in [-0.4, -0.2) is 9.97 Å². The van der Waals surface area contributed by atoms with Gasteiger partial charge in [-0.2, -0.15) is 5.26 Å². The van der Waals surface area contributed by atoms with E-state index in [0.29, 0.717) is 10.1 Å². The molecule has 0 unspecified atom stereocenters. The van der Waals surface area contributed by atoms with E-state index in [4.69, 9.17) is 5.26 Å². The van der Waals surface area contributed by atoms with Gasteiger partial charge in [0.05, 0.1) is 0 Å². The average Bonchev–Trinajstić information content (AvgIpc) is 2.77. The largest absolute Gasteiger partial charge is 0.337 e. The van der Waals surface area contributed by atoms with Crippen molar-refractivity contribution in [1.29, 1.82) is 5.26 Å². The highest BCUT2D eigenvalue weighted by Crippen LogP contribution is 2.29. The molecule has 0 radical (unpaired) electrons. The predicted molar refractivity (Wildman–Crippen MR) is 63.2 cm³/mol. The van der Waals surface area contributed by atoms with Crippen molar-refractivity contribution in [1.82, 2.24) is 9.97 Å². The Morgan fingerprint density at radius 3 is 3.00 bits per heavy atom. The Bertz CT molecular complexity index is 571. The summed E-state index contributed by atoms with van der Waals surface area (Å²) in [5.41, 5.74) is 1.08. The first-order valence-corrected chi connectivity index (χ1v) is 5.96. The summed E-state index contributed by atoms with van der Waals surface area (Å²) in [6.07, 6.45) is 2.61. The van der Waals surface area contributed by atoms with Gasteiger partial charge in [-0.25, -0.2) is 9.37 Å². The first-order chi connectivity index (χ1) is 8.24. The number of nitriles is 1. The van der Waals surface area contributed by atoms with E-state index < -0.39 is 5.82 Å². The summed E-state index contributed by atoms with van der Waals surface area (Å²) < 4.78 is 13.4. The molecule has 0 bridgehead atoms. The predicted octanol–water partition coefficient (Wildman–Crippen LogP) is 3.13. The lowest BCUT2D eigenvalue weighted by atomic mass is 10.2. The minimum Gasteiger partial charge on any atom is -0.337 e. The van der Waals surface area contributed by atoms with Gasteiger partial charge in [-0.05, 0) is 18.6 Å². The molecule has 2 rings (SSSR count). The summed E-state index contributed by atoms with van der Waals surface area (Å²) in [6, 6.07) is 6.44. The molecule has 17 heavy (non-hydrogen) atoms. The van der Waals surface area contributed by atoms with E-state index in [9.17, 15) is 4.39 Å². The molecule has 86 valence electrons. The zero-order valence-electron chi connectivity index (χ0n) is 9.20. The molecule has 1 heterocycles. The SMILES string of the molecule is CCc1cnc(Sc2cccc(F)c2C#N)[nH]1. The summed E-state index contributed by atoms with van der Waals surface area (Å²) in [7, 11) is 0. The second-order valence-electron chi connectivity index (χ2n) is 3.39. The number of aromatic nitrogens is 2. The molecular weight excluding hydrogens is 237 g/mol. The van der Waals surface area contributed by atoms with E-state index in [1.165, 1.54) is 17.8 Å². The number of H-pyrrole nitrogens is 1. The van der Waals surface area contributed by atoms with E-state index in [1.807, 2.05) is 13.0 Å². The molecule has 0 aliphatic carbocycles. The molecule has 1 N–H and O–H groups in total. The number of hydrogen-bond acceptors (Lipinski definition) is 3. The van der Waals surface area contributed by atoms with Crippen LogP contribution in [0.25, 0.3) is 0 Å². The molecule has 5 heteroatoms. The van der Waals surface area contributed by atoms with Crippen LogP contribution in [0.3, 0.4) is 0 Å². The normalized spacial score (nSPS) is 10.2. The van der Waals surface area contributed by atoms with Crippen LogP contribution in [0.15, 0.2) is 34.4 Å². The molecule has 2 aromatic rings. The fourth-order valence-electron chi connectivity index (χ4n) is 1.37. The van der Waals surface area contributed by atoms with Crippen LogP contribution in [-0.2, 0) is 6.42 Å². The second kappa shape index (κ2) is 5.02. The highest BCUT2D eigenvalue weighted by molar-refractivity contribution is 7.99. The number of nitrogens with one attached hydrogen (secondary N) is 1. The van der Waals surface area contributed by atoms with Gasteiger partial charge in [0.2, 0.25) is 0 Å². The van der Waals surface area contributed by atoms with Crippen LogP contribution in [0, 0.1) is 17.1 Å². The molecule has 0 saturated heterocycles. The molecule has 0 atom stereocenters. The number of nitrogens with zero attached hydrogens (tertiary/aromatic N) is 2. The van der Waals surface area contributed by atoms with E-state index in [1.54, 1.807) is 18.3 Å². The number of benzene rings is 1.